The van der Waals surface area contributed by atoms with Crippen LogP contribution < -0.4 is 9.47 Å². The summed E-state index contributed by atoms with van der Waals surface area (Å²) in [6, 6.07) is 1.58. The first-order valence-electron chi connectivity index (χ1n) is 5.65. The number of ether oxygens (including phenoxy) is 3. The Morgan fingerprint density at radius 2 is 1.88 bits per heavy atom. The quantitative estimate of drug-likeness (QED) is 0.711. The third-order valence-electron chi connectivity index (χ3n) is 1.91. The Morgan fingerprint density at radius 1 is 1.18 bits per heavy atom. The summed E-state index contributed by atoms with van der Waals surface area (Å²) in [5.41, 5.74) is 0.360. The molecule has 1 rings (SSSR count). The number of pyridine rings is 1. The molecule has 0 aromatic carbocycles. The van der Waals surface area contributed by atoms with Crippen LogP contribution >= 0.6 is 0 Å². The number of carbonyl (C=O) groups is 1. The predicted molar refractivity (Wildman–Crippen MR) is 62.5 cm³/mol. The van der Waals surface area contributed by atoms with Gasteiger partial charge in [0.15, 0.2) is 5.75 Å². The Kier molecular flexibility index (Phi) is 5.26. The zero-order chi connectivity index (χ0) is 12.7. The Bertz CT molecular complexity index is 379. The minimum absolute atomic E-state index is 0.329. The zero-order valence-corrected chi connectivity index (χ0v) is 10.4. The lowest BCUT2D eigenvalue weighted by atomic mass is 10.3. The summed E-state index contributed by atoms with van der Waals surface area (Å²) in [5.74, 6) is 0.436. The van der Waals surface area contributed by atoms with Crippen molar-refractivity contribution in [3.05, 3.63) is 17.8 Å². The summed E-state index contributed by atoms with van der Waals surface area (Å²) in [4.78, 5) is 15.6. The smallest absolute Gasteiger partial charge is 0.339 e. The lowest BCUT2D eigenvalue weighted by Gasteiger charge is -2.10. The number of rotatable bonds is 6. The van der Waals surface area contributed by atoms with E-state index in [1.807, 2.05) is 13.8 Å². The Labute approximate surface area is 101 Å². The van der Waals surface area contributed by atoms with Gasteiger partial charge in [-0.25, -0.2) is 9.78 Å². The fraction of sp³-hybridized carbons (Fsp3) is 0.500. The summed E-state index contributed by atoms with van der Waals surface area (Å²) in [6.07, 6.45) is 1.42. The monoisotopic (exact) mass is 239 g/mol. The van der Waals surface area contributed by atoms with Crippen molar-refractivity contribution in [1.82, 2.24) is 4.98 Å². The largest absolute Gasteiger partial charge is 0.488 e. The zero-order valence-electron chi connectivity index (χ0n) is 10.4. The molecule has 0 saturated carbocycles. The molecule has 1 aromatic rings. The van der Waals surface area contributed by atoms with Crippen LogP contribution in [-0.4, -0.2) is 30.8 Å². The van der Waals surface area contributed by atoms with Crippen LogP contribution in [0.15, 0.2) is 12.3 Å². The first-order valence-corrected chi connectivity index (χ1v) is 5.65. The molecule has 0 aliphatic carbocycles. The van der Waals surface area contributed by atoms with Gasteiger partial charge in [-0.3, -0.25) is 0 Å². The van der Waals surface area contributed by atoms with Gasteiger partial charge >= 0.3 is 5.97 Å². The number of hydrogen-bond donors (Lipinski definition) is 0. The maximum atomic E-state index is 11.5. The average Bonchev–Trinajstić information content (AvgIpc) is 2.32. The summed E-state index contributed by atoms with van der Waals surface area (Å²) < 4.78 is 15.5. The maximum absolute atomic E-state index is 11.5. The molecule has 0 aliphatic heterocycles. The van der Waals surface area contributed by atoms with Crippen molar-refractivity contribution in [2.24, 2.45) is 0 Å². The molecule has 0 N–H and O–H groups in total. The highest BCUT2D eigenvalue weighted by molar-refractivity contribution is 5.89. The minimum atomic E-state index is -0.413. The van der Waals surface area contributed by atoms with E-state index in [-0.39, 0.29) is 0 Å². The molecule has 5 nitrogen and oxygen atoms in total. The second-order valence-electron chi connectivity index (χ2n) is 3.11. The summed E-state index contributed by atoms with van der Waals surface area (Å²) >= 11 is 0. The maximum Gasteiger partial charge on any atom is 0.339 e. The van der Waals surface area contributed by atoms with Crippen molar-refractivity contribution < 1.29 is 19.0 Å². The van der Waals surface area contributed by atoms with Crippen LogP contribution in [0.4, 0.5) is 0 Å². The van der Waals surface area contributed by atoms with E-state index in [2.05, 4.69) is 4.98 Å². The first-order chi connectivity index (χ1) is 8.22. The summed E-state index contributed by atoms with van der Waals surface area (Å²) in [7, 11) is 0. The molecule has 0 radical (unpaired) electrons. The molecule has 0 aliphatic rings. The summed E-state index contributed by atoms with van der Waals surface area (Å²) in [6.45, 7) is 6.77. The van der Waals surface area contributed by atoms with Gasteiger partial charge in [-0.1, -0.05) is 0 Å². The van der Waals surface area contributed by atoms with Gasteiger partial charge in [-0.15, -0.1) is 0 Å². The van der Waals surface area contributed by atoms with Gasteiger partial charge < -0.3 is 14.2 Å². The van der Waals surface area contributed by atoms with Crippen LogP contribution in [-0.2, 0) is 4.74 Å². The van der Waals surface area contributed by atoms with Crippen molar-refractivity contribution in [2.75, 3.05) is 19.8 Å². The highest BCUT2D eigenvalue weighted by atomic mass is 16.5. The normalized spacial score (nSPS) is 9.82. The van der Waals surface area contributed by atoms with Gasteiger partial charge in [0, 0.05) is 12.3 Å². The van der Waals surface area contributed by atoms with Crippen molar-refractivity contribution >= 4 is 5.97 Å². The number of hydrogen-bond acceptors (Lipinski definition) is 5. The van der Waals surface area contributed by atoms with E-state index in [9.17, 15) is 4.79 Å². The van der Waals surface area contributed by atoms with E-state index in [1.54, 1.807) is 13.0 Å². The van der Waals surface area contributed by atoms with E-state index >= 15 is 0 Å². The molecule has 94 valence electrons. The molecule has 0 fully saturated rings. The van der Waals surface area contributed by atoms with E-state index in [4.69, 9.17) is 14.2 Å². The molecule has 0 saturated heterocycles. The molecular weight excluding hydrogens is 222 g/mol. The standard InChI is InChI=1S/C12H17NO4/c1-4-15-10-7-9(12(14)17-6-3)8-13-11(10)16-5-2/h7-8H,4-6H2,1-3H3. The van der Waals surface area contributed by atoms with Crippen molar-refractivity contribution in [3.63, 3.8) is 0 Å². The summed E-state index contributed by atoms with van der Waals surface area (Å²) in [5, 5.41) is 0. The van der Waals surface area contributed by atoms with Gasteiger partial charge in [0.25, 0.3) is 5.88 Å². The molecular formula is C12H17NO4. The molecule has 0 spiro atoms. The molecule has 0 amide bonds. The third kappa shape index (κ3) is 3.62. The molecule has 17 heavy (non-hydrogen) atoms. The number of aromatic nitrogens is 1. The molecule has 1 aromatic heterocycles. The van der Waals surface area contributed by atoms with Crippen molar-refractivity contribution in [3.8, 4) is 11.6 Å². The van der Waals surface area contributed by atoms with E-state index in [1.165, 1.54) is 6.20 Å². The molecule has 1 heterocycles. The van der Waals surface area contributed by atoms with E-state index in [0.717, 1.165) is 0 Å². The van der Waals surface area contributed by atoms with Crippen LogP contribution in [0.25, 0.3) is 0 Å². The first kappa shape index (κ1) is 13.3. The van der Waals surface area contributed by atoms with Crippen LogP contribution in [0.5, 0.6) is 11.6 Å². The topological polar surface area (TPSA) is 57.7 Å². The van der Waals surface area contributed by atoms with E-state index in [0.29, 0.717) is 37.0 Å². The van der Waals surface area contributed by atoms with Gasteiger partial charge in [-0.2, -0.15) is 0 Å². The van der Waals surface area contributed by atoms with E-state index < -0.39 is 5.97 Å². The van der Waals surface area contributed by atoms with Gasteiger partial charge in [0.1, 0.15) is 0 Å². The SMILES string of the molecule is CCOC(=O)c1cnc(OCC)c(OCC)c1. The third-order valence-corrected chi connectivity index (χ3v) is 1.91. The lowest BCUT2D eigenvalue weighted by Crippen LogP contribution is -2.07. The Hall–Kier alpha value is -1.78. The van der Waals surface area contributed by atoms with Crippen LogP contribution in [0.1, 0.15) is 31.1 Å². The number of esters is 1. The highest BCUT2D eigenvalue weighted by Crippen LogP contribution is 2.25. The highest BCUT2D eigenvalue weighted by Gasteiger charge is 2.13. The number of nitrogens with zero attached hydrogens (tertiary/aromatic N) is 1. The average molecular weight is 239 g/mol. The van der Waals surface area contributed by atoms with Crippen molar-refractivity contribution in [1.29, 1.82) is 0 Å². The van der Waals surface area contributed by atoms with Gasteiger partial charge in [0.2, 0.25) is 0 Å². The van der Waals surface area contributed by atoms with Crippen LogP contribution in [0.2, 0.25) is 0 Å². The second kappa shape index (κ2) is 6.73. The second-order valence-corrected chi connectivity index (χ2v) is 3.11. The fourth-order valence-corrected chi connectivity index (χ4v) is 1.26. The Balaban J connectivity index is 2.95. The molecule has 5 heteroatoms. The lowest BCUT2D eigenvalue weighted by molar-refractivity contribution is 0.0525. The van der Waals surface area contributed by atoms with Crippen LogP contribution in [0.3, 0.4) is 0 Å². The fourth-order valence-electron chi connectivity index (χ4n) is 1.26. The number of carbonyl (C=O) groups excluding carboxylic acids is 1. The van der Waals surface area contributed by atoms with Gasteiger partial charge in [-0.05, 0) is 20.8 Å². The van der Waals surface area contributed by atoms with Gasteiger partial charge in [0.05, 0.1) is 25.4 Å². The Morgan fingerprint density at radius 3 is 2.47 bits per heavy atom. The molecule has 0 atom stereocenters. The predicted octanol–water partition coefficient (Wildman–Crippen LogP) is 2.06. The van der Waals surface area contributed by atoms with Crippen LogP contribution in [0, 0.1) is 0 Å². The molecule has 0 bridgehead atoms. The minimum Gasteiger partial charge on any atom is -0.488 e. The van der Waals surface area contributed by atoms with Crippen molar-refractivity contribution in [2.45, 2.75) is 20.8 Å². The molecule has 0 unspecified atom stereocenters.